The van der Waals surface area contributed by atoms with Gasteiger partial charge in [0.2, 0.25) is 0 Å². The van der Waals surface area contributed by atoms with Crippen LogP contribution in [0.2, 0.25) is 0 Å². The molecule has 0 aliphatic carbocycles. The highest BCUT2D eigenvalue weighted by atomic mass is 79.9. The van der Waals surface area contributed by atoms with Crippen LogP contribution < -0.4 is 19.6 Å². The van der Waals surface area contributed by atoms with Crippen LogP contribution in [0.3, 0.4) is 0 Å². The van der Waals surface area contributed by atoms with E-state index in [0.29, 0.717) is 18.1 Å². The Morgan fingerprint density at radius 1 is 1.06 bits per heavy atom. The first kappa shape index (κ1) is 22.4. The highest BCUT2D eigenvalue weighted by Gasteiger charge is 2.15. The largest absolute Gasteiger partial charge is 0.497 e. The summed E-state index contributed by atoms with van der Waals surface area (Å²) in [5, 5.41) is 4.05. The number of carbonyl (C=O) groups excluding carboxylic acids is 1. The van der Waals surface area contributed by atoms with E-state index < -0.39 is 6.10 Å². The van der Waals surface area contributed by atoms with Gasteiger partial charge in [-0.1, -0.05) is 36.4 Å². The van der Waals surface area contributed by atoms with Crippen molar-refractivity contribution in [2.24, 2.45) is 5.10 Å². The zero-order chi connectivity index (χ0) is 22.1. The second-order valence-electron chi connectivity index (χ2n) is 6.60. The lowest BCUT2D eigenvalue weighted by molar-refractivity contribution is -0.127. The van der Waals surface area contributed by atoms with Crippen molar-refractivity contribution in [3.05, 3.63) is 88.4 Å². The lowest BCUT2D eigenvalue weighted by Gasteiger charge is -2.14. The van der Waals surface area contributed by atoms with E-state index in [9.17, 15) is 4.79 Å². The molecule has 3 aromatic rings. The number of para-hydroxylation sites is 2. The summed E-state index contributed by atoms with van der Waals surface area (Å²) >= 11 is 3.40. The number of halogens is 1. The van der Waals surface area contributed by atoms with Gasteiger partial charge in [-0.05, 0) is 64.8 Å². The van der Waals surface area contributed by atoms with E-state index in [-0.39, 0.29) is 5.91 Å². The van der Waals surface area contributed by atoms with Crippen LogP contribution in [0.4, 0.5) is 0 Å². The monoisotopic (exact) mass is 482 g/mol. The summed E-state index contributed by atoms with van der Waals surface area (Å²) in [7, 11) is 1.63. The van der Waals surface area contributed by atoms with Gasteiger partial charge in [0.05, 0.1) is 17.8 Å². The van der Waals surface area contributed by atoms with Gasteiger partial charge in [-0.15, -0.1) is 0 Å². The maximum Gasteiger partial charge on any atom is 0.280 e. The molecular formula is C24H23BrN2O4. The van der Waals surface area contributed by atoms with Crippen molar-refractivity contribution in [2.45, 2.75) is 19.6 Å². The number of benzene rings is 3. The minimum atomic E-state index is -0.713. The molecule has 0 saturated carbocycles. The Balaban J connectivity index is 1.58. The molecule has 0 heterocycles. The molecule has 0 fully saturated rings. The third-order valence-electron chi connectivity index (χ3n) is 4.34. The van der Waals surface area contributed by atoms with Gasteiger partial charge in [-0.3, -0.25) is 4.79 Å². The van der Waals surface area contributed by atoms with Crippen molar-refractivity contribution in [3.63, 3.8) is 0 Å². The standard InChI is InChI=1S/C24H23BrN2O4/c1-17(31-23-13-6-4-11-21(23)25)24(28)27-26-15-19-9-3-5-12-22(19)30-16-18-8-7-10-20(14-18)29-2/h3-15,17H,16H2,1-2H3,(H,27,28). The van der Waals surface area contributed by atoms with Crippen molar-refractivity contribution in [1.82, 2.24) is 5.43 Å². The molecule has 0 aliphatic heterocycles. The molecule has 0 spiro atoms. The fourth-order valence-electron chi connectivity index (χ4n) is 2.68. The third-order valence-corrected chi connectivity index (χ3v) is 4.99. The first-order valence-electron chi connectivity index (χ1n) is 9.65. The number of nitrogens with zero attached hydrogens (tertiary/aromatic N) is 1. The molecule has 7 heteroatoms. The second kappa shape index (κ2) is 11.2. The molecule has 0 bridgehead atoms. The van der Waals surface area contributed by atoms with Gasteiger partial charge >= 0.3 is 0 Å². The number of nitrogens with one attached hydrogen (secondary N) is 1. The highest BCUT2D eigenvalue weighted by Crippen LogP contribution is 2.25. The molecular weight excluding hydrogens is 460 g/mol. The van der Waals surface area contributed by atoms with E-state index in [1.54, 1.807) is 26.3 Å². The molecule has 3 rings (SSSR count). The van der Waals surface area contributed by atoms with Gasteiger partial charge in [-0.2, -0.15) is 5.10 Å². The number of hydrogen-bond acceptors (Lipinski definition) is 5. The molecule has 3 aromatic carbocycles. The van der Waals surface area contributed by atoms with Gasteiger partial charge in [0.1, 0.15) is 23.9 Å². The summed E-state index contributed by atoms with van der Waals surface area (Å²) in [5.41, 5.74) is 4.23. The SMILES string of the molecule is COc1cccc(COc2ccccc2C=NNC(=O)C(C)Oc2ccccc2Br)c1. The molecule has 0 aliphatic rings. The third kappa shape index (κ3) is 6.58. The van der Waals surface area contributed by atoms with E-state index in [1.807, 2.05) is 66.7 Å². The lowest BCUT2D eigenvalue weighted by atomic mass is 10.2. The highest BCUT2D eigenvalue weighted by molar-refractivity contribution is 9.10. The average molecular weight is 483 g/mol. The van der Waals surface area contributed by atoms with E-state index in [1.165, 1.54) is 0 Å². The summed E-state index contributed by atoms with van der Waals surface area (Å²) in [6, 6.07) is 22.5. The van der Waals surface area contributed by atoms with Crippen LogP contribution >= 0.6 is 15.9 Å². The quantitative estimate of drug-likeness (QED) is 0.345. The van der Waals surface area contributed by atoms with Gasteiger partial charge < -0.3 is 14.2 Å². The average Bonchev–Trinajstić information content (AvgIpc) is 2.80. The Morgan fingerprint density at radius 3 is 2.58 bits per heavy atom. The van der Waals surface area contributed by atoms with Crippen LogP contribution in [0.25, 0.3) is 0 Å². The van der Waals surface area contributed by atoms with Crippen LogP contribution in [-0.4, -0.2) is 25.3 Å². The van der Waals surface area contributed by atoms with Crippen molar-refractivity contribution in [1.29, 1.82) is 0 Å². The molecule has 31 heavy (non-hydrogen) atoms. The zero-order valence-electron chi connectivity index (χ0n) is 17.2. The van der Waals surface area contributed by atoms with Crippen LogP contribution in [0.5, 0.6) is 17.2 Å². The number of carbonyl (C=O) groups is 1. The Labute approximate surface area is 190 Å². The van der Waals surface area contributed by atoms with Crippen LogP contribution in [0, 0.1) is 0 Å². The summed E-state index contributed by atoms with van der Waals surface area (Å²) < 4.78 is 17.6. The summed E-state index contributed by atoms with van der Waals surface area (Å²) in [6.07, 6.45) is 0.833. The predicted octanol–water partition coefficient (Wildman–Crippen LogP) is 4.95. The van der Waals surface area contributed by atoms with Gasteiger partial charge in [0.15, 0.2) is 6.10 Å². The molecule has 6 nitrogen and oxygen atoms in total. The smallest absolute Gasteiger partial charge is 0.280 e. The van der Waals surface area contributed by atoms with Gasteiger partial charge in [-0.25, -0.2) is 5.43 Å². The van der Waals surface area contributed by atoms with Crippen molar-refractivity contribution < 1.29 is 19.0 Å². The summed E-state index contributed by atoms with van der Waals surface area (Å²) in [5.74, 6) is 1.66. The molecule has 160 valence electrons. The van der Waals surface area contributed by atoms with E-state index in [2.05, 4.69) is 26.5 Å². The number of rotatable bonds is 9. The van der Waals surface area contributed by atoms with Crippen LogP contribution in [0.15, 0.2) is 82.4 Å². The molecule has 1 amide bonds. The minimum absolute atomic E-state index is 0.359. The molecule has 0 radical (unpaired) electrons. The fourth-order valence-corrected chi connectivity index (χ4v) is 3.06. The maximum atomic E-state index is 12.3. The summed E-state index contributed by atoms with van der Waals surface area (Å²) in [4.78, 5) is 12.3. The second-order valence-corrected chi connectivity index (χ2v) is 7.46. The number of ether oxygens (including phenoxy) is 3. The summed E-state index contributed by atoms with van der Waals surface area (Å²) in [6.45, 7) is 2.04. The Kier molecular flexibility index (Phi) is 8.06. The fraction of sp³-hybridized carbons (Fsp3) is 0.167. The minimum Gasteiger partial charge on any atom is -0.497 e. The topological polar surface area (TPSA) is 69.2 Å². The van der Waals surface area contributed by atoms with Gasteiger partial charge in [0, 0.05) is 5.56 Å². The van der Waals surface area contributed by atoms with Crippen molar-refractivity contribution >= 4 is 28.1 Å². The van der Waals surface area contributed by atoms with E-state index in [0.717, 1.165) is 21.3 Å². The first-order chi connectivity index (χ1) is 15.1. The first-order valence-corrected chi connectivity index (χ1v) is 10.4. The molecule has 0 saturated heterocycles. The zero-order valence-corrected chi connectivity index (χ0v) is 18.8. The number of methoxy groups -OCH3 is 1. The Bertz CT molecular complexity index is 1060. The van der Waals surface area contributed by atoms with Crippen molar-refractivity contribution in [3.8, 4) is 17.2 Å². The Morgan fingerprint density at radius 2 is 1.81 bits per heavy atom. The number of amides is 1. The lowest BCUT2D eigenvalue weighted by Crippen LogP contribution is -2.33. The molecule has 0 aromatic heterocycles. The number of hydrogen-bond donors (Lipinski definition) is 1. The maximum absolute atomic E-state index is 12.3. The molecule has 1 N–H and O–H groups in total. The molecule has 1 unspecified atom stereocenters. The van der Waals surface area contributed by atoms with E-state index in [4.69, 9.17) is 14.2 Å². The van der Waals surface area contributed by atoms with Crippen molar-refractivity contribution in [2.75, 3.05) is 7.11 Å². The van der Waals surface area contributed by atoms with Gasteiger partial charge in [0.25, 0.3) is 5.91 Å². The number of hydrazone groups is 1. The van der Waals surface area contributed by atoms with E-state index >= 15 is 0 Å². The predicted molar refractivity (Wildman–Crippen MR) is 124 cm³/mol. The molecule has 1 atom stereocenters. The Hall–Kier alpha value is -3.32. The van der Waals surface area contributed by atoms with Crippen LogP contribution in [-0.2, 0) is 11.4 Å². The van der Waals surface area contributed by atoms with Crippen LogP contribution in [0.1, 0.15) is 18.1 Å². The normalized spacial score (nSPS) is 11.7.